The van der Waals surface area contributed by atoms with Crippen LogP contribution in [-0.2, 0) is 0 Å². The minimum Gasteiger partial charge on any atom is -0.479 e. The smallest absolute Gasteiger partial charge is 0.197 e. The van der Waals surface area contributed by atoms with Crippen molar-refractivity contribution in [2.75, 3.05) is 20.2 Å². The summed E-state index contributed by atoms with van der Waals surface area (Å²) in [5, 5.41) is 14.3. The van der Waals surface area contributed by atoms with Gasteiger partial charge >= 0.3 is 0 Å². The zero-order chi connectivity index (χ0) is 13.7. The third-order valence-electron chi connectivity index (χ3n) is 2.66. The third kappa shape index (κ3) is 2.82. The van der Waals surface area contributed by atoms with E-state index in [4.69, 9.17) is 9.84 Å². The summed E-state index contributed by atoms with van der Waals surface area (Å²) in [6.45, 7) is 3.67. The molecule has 0 saturated heterocycles. The number of aliphatic hydroxyl groups excluding tert-OH is 1. The van der Waals surface area contributed by atoms with E-state index in [-0.39, 0.29) is 6.10 Å². The van der Waals surface area contributed by atoms with Crippen LogP contribution in [0.2, 0.25) is 0 Å². The topological polar surface area (TPSA) is 84.0 Å². The number of amidine groups is 1. The van der Waals surface area contributed by atoms with E-state index in [2.05, 4.69) is 20.4 Å². The normalized spacial score (nSPS) is 15.2. The highest BCUT2D eigenvalue weighted by Gasteiger charge is 2.16. The highest BCUT2D eigenvalue weighted by atomic mass is 16.5. The quantitative estimate of drug-likeness (QED) is 0.821. The number of nitrogens with zero attached hydrogens (tertiary/aromatic N) is 4. The lowest BCUT2D eigenvalue weighted by Crippen LogP contribution is -2.33. The van der Waals surface area contributed by atoms with Gasteiger partial charge in [-0.1, -0.05) is 0 Å². The monoisotopic (exact) mass is 263 g/mol. The lowest BCUT2D eigenvalue weighted by atomic mass is 10.3. The molecule has 19 heavy (non-hydrogen) atoms. The van der Waals surface area contributed by atoms with Gasteiger partial charge in [-0.3, -0.25) is 4.99 Å². The second-order valence-corrected chi connectivity index (χ2v) is 3.85. The summed E-state index contributed by atoms with van der Waals surface area (Å²) in [4.78, 5) is 8.50. The van der Waals surface area contributed by atoms with Crippen LogP contribution in [0.15, 0.2) is 29.6 Å². The minimum absolute atomic E-state index is 0.0969. The summed E-state index contributed by atoms with van der Waals surface area (Å²) >= 11 is 0. The number of rotatable bonds is 3. The van der Waals surface area contributed by atoms with E-state index < -0.39 is 0 Å². The second kappa shape index (κ2) is 6.14. The van der Waals surface area contributed by atoms with Gasteiger partial charge in [-0.15, -0.1) is 0 Å². The maximum absolute atomic E-state index is 7.00. The Labute approximate surface area is 110 Å². The molecule has 1 atom stereocenters. The van der Waals surface area contributed by atoms with Gasteiger partial charge in [0.15, 0.2) is 17.5 Å². The van der Waals surface area contributed by atoms with Crippen molar-refractivity contribution in [3.8, 4) is 5.75 Å². The number of aromatic nitrogens is 3. The van der Waals surface area contributed by atoms with Crippen molar-refractivity contribution in [3.05, 3.63) is 24.7 Å². The molecule has 1 aliphatic heterocycles. The summed E-state index contributed by atoms with van der Waals surface area (Å²) in [7, 11) is 1.00. The van der Waals surface area contributed by atoms with E-state index in [9.17, 15) is 0 Å². The lowest BCUT2D eigenvalue weighted by Gasteiger charge is -2.15. The van der Waals surface area contributed by atoms with Crippen molar-refractivity contribution in [2.24, 2.45) is 4.99 Å². The molecule has 2 aromatic heterocycles. The first-order valence-electron chi connectivity index (χ1n) is 6.02. The summed E-state index contributed by atoms with van der Waals surface area (Å²) < 4.78 is 7.54. The van der Waals surface area contributed by atoms with Gasteiger partial charge < -0.3 is 15.2 Å². The van der Waals surface area contributed by atoms with Crippen LogP contribution in [0.5, 0.6) is 5.75 Å². The predicted molar refractivity (Wildman–Crippen MR) is 71.5 cm³/mol. The molecule has 0 bridgehead atoms. The zero-order valence-electron chi connectivity index (χ0n) is 10.9. The highest BCUT2D eigenvalue weighted by Crippen LogP contribution is 2.18. The molecule has 1 aliphatic rings. The Hall–Kier alpha value is -2.15. The molecular formula is C12H17N5O2. The fourth-order valence-corrected chi connectivity index (χ4v) is 1.85. The number of fused-ring (bicyclic) bond motifs is 1. The summed E-state index contributed by atoms with van der Waals surface area (Å²) in [5.41, 5.74) is 0.720. The Balaban J connectivity index is 0.000000637. The average molecular weight is 263 g/mol. The first-order chi connectivity index (χ1) is 9.34. The van der Waals surface area contributed by atoms with Crippen LogP contribution in [0, 0.1) is 0 Å². The Bertz CT molecular complexity index is 566. The molecule has 102 valence electrons. The predicted octanol–water partition coefficient (Wildman–Crippen LogP) is 0.107. The van der Waals surface area contributed by atoms with Crippen molar-refractivity contribution in [3.63, 3.8) is 0 Å². The van der Waals surface area contributed by atoms with E-state index >= 15 is 0 Å². The molecule has 3 rings (SSSR count). The highest BCUT2D eigenvalue weighted by molar-refractivity contribution is 5.87. The number of hydrogen-bond donors (Lipinski definition) is 2. The third-order valence-corrected chi connectivity index (χ3v) is 2.66. The molecule has 0 radical (unpaired) electrons. The van der Waals surface area contributed by atoms with Gasteiger partial charge in [-0.25, -0.2) is 9.50 Å². The number of aliphatic hydroxyl groups is 1. The molecule has 0 saturated carbocycles. The average Bonchev–Trinajstić information content (AvgIpc) is 3.13. The van der Waals surface area contributed by atoms with Crippen molar-refractivity contribution >= 4 is 11.5 Å². The SMILES string of the molecule is CC(Oc1cccn2ncnc12)C1=NCCN1.CO. The molecule has 7 heteroatoms. The largest absolute Gasteiger partial charge is 0.479 e. The van der Waals surface area contributed by atoms with Crippen molar-refractivity contribution in [2.45, 2.75) is 13.0 Å². The van der Waals surface area contributed by atoms with Gasteiger partial charge in [-0.2, -0.15) is 5.10 Å². The van der Waals surface area contributed by atoms with Crippen LogP contribution in [0.1, 0.15) is 6.92 Å². The summed E-state index contributed by atoms with van der Waals surface area (Å²) in [6, 6.07) is 3.77. The number of pyridine rings is 1. The molecule has 0 fully saturated rings. The van der Waals surface area contributed by atoms with Gasteiger partial charge in [0.05, 0.1) is 6.54 Å². The first-order valence-corrected chi connectivity index (χ1v) is 6.02. The van der Waals surface area contributed by atoms with E-state index in [1.165, 1.54) is 6.33 Å². The van der Waals surface area contributed by atoms with Gasteiger partial charge in [0.2, 0.25) is 0 Å². The molecule has 0 spiro atoms. The second-order valence-electron chi connectivity index (χ2n) is 3.85. The summed E-state index contributed by atoms with van der Waals surface area (Å²) in [5.74, 6) is 1.61. The van der Waals surface area contributed by atoms with Crippen molar-refractivity contribution in [1.82, 2.24) is 19.9 Å². The maximum Gasteiger partial charge on any atom is 0.197 e. The molecule has 0 amide bonds. The molecule has 1 unspecified atom stereocenters. The van der Waals surface area contributed by atoms with Crippen molar-refractivity contribution in [1.29, 1.82) is 0 Å². The number of nitrogens with one attached hydrogen (secondary N) is 1. The van der Waals surface area contributed by atoms with Crippen LogP contribution in [0.4, 0.5) is 0 Å². The standard InChI is InChI=1S/C11H13N5O.CH4O/c1-8(10-12-4-5-13-10)17-9-3-2-6-16-11(9)14-7-15-16;1-2/h2-3,6-8H,4-5H2,1H3,(H,12,13);2H,1H3. The summed E-state index contributed by atoms with van der Waals surface area (Å²) in [6.07, 6.45) is 3.25. The Morgan fingerprint density at radius 2 is 2.32 bits per heavy atom. The molecule has 2 aromatic rings. The molecule has 0 aromatic carbocycles. The van der Waals surface area contributed by atoms with Gasteiger partial charge in [0.25, 0.3) is 0 Å². The Morgan fingerprint density at radius 1 is 1.47 bits per heavy atom. The Kier molecular flexibility index (Phi) is 4.30. The number of hydrogen-bond acceptors (Lipinski definition) is 6. The van der Waals surface area contributed by atoms with Crippen LogP contribution in [0.25, 0.3) is 5.65 Å². The molecule has 3 heterocycles. The molecule has 7 nitrogen and oxygen atoms in total. The van der Waals surface area contributed by atoms with Gasteiger partial charge in [0.1, 0.15) is 12.2 Å². The van der Waals surface area contributed by atoms with E-state index in [1.807, 2.05) is 25.3 Å². The Morgan fingerprint density at radius 3 is 3.05 bits per heavy atom. The number of aliphatic imine (C=N–C) groups is 1. The van der Waals surface area contributed by atoms with E-state index in [0.717, 1.165) is 31.7 Å². The van der Waals surface area contributed by atoms with Crippen molar-refractivity contribution < 1.29 is 9.84 Å². The minimum atomic E-state index is -0.0969. The maximum atomic E-state index is 7.00. The molecule has 2 N–H and O–H groups in total. The first kappa shape index (κ1) is 13.3. The van der Waals surface area contributed by atoms with Crippen LogP contribution < -0.4 is 10.1 Å². The molecular weight excluding hydrogens is 246 g/mol. The van der Waals surface area contributed by atoms with E-state index in [1.54, 1.807) is 4.52 Å². The zero-order valence-corrected chi connectivity index (χ0v) is 10.9. The lowest BCUT2D eigenvalue weighted by molar-refractivity contribution is 0.285. The fourth-order valence-electron chi connectivity index (χ4n) is 1.85. The van der Waals surface area contributed by atoms with Crippen LogP contribution >= 0.6 is 0 Å². The van der Waals surface area contributed by atoms with Crippen LogP contribution in [-0.4, -0.2) is 51.8 Å². The van der Waals surface area contributed by atoms with E-state index in [0.29, 0.717) is 5.75 Å². The molecule has 0 aliphatic carbocycles. The van der Waals surface area contributed by atoms with Gasteiger partial charge in [0, 0.05) is 19.9 Å². The number of ether oxygens (including phenoxy) is 1. The van der Waals surface area contributed by atoms with Crippen LogP contribution in [0.3, 0.4) is 0 Å². The fraction of sp³-hybridized carbons (Fsp3) is 0.417. The van der Waals surface area contributed by atoms with Gasteiger partial charge in [-0.05, 0) is 19.1 Å².